The largest absolute Gasteiger partial charge is 0.332 e. The molecule has 0 saturated carbocycles. The Balaban J connectivity index is 2.29. The lowest BCUT2D eigenvalue weighted by Crippen LogP contribution is -2.27. The summed E-state index contributed by atoms with van der Waals surface area (Å²) in [7, 11) is 1.70. The van der Waals surface area contributed by atoms with E-state index in [1.165, 1.54) is 16.8 Å². The van der Waals surface area contributed by atoms with E-state index in [1.807, 2.05) is 0 Å². The van der Waals surface area contributed by atoms with E-state index in [1.54, 1.807) is 29.8 Å². The molecule has 3 aromatic rings. The zero-order valence-corrected chi connectivity index (χ0v) is 10.7. The molecule has 0 fully saturated rings. The Morgan fingerprint density at radius 2 is 1.95 bits per heavy atom. The maximum absolute atomic E-state index is 11.7. The third-order valence-electron chi connectivity index (χ3n) is 2.88. The zero-order valence-electron chi connectivity index (χ0n) is 9.91. The van der Waals surface area contributed by atoms with Crippen molar-refractivity contribution < 1.29 is 0 Å². The maximum atomic E-state index is 11.7. The van der Waals surface area contributed by atoms with Gasteiger partial charge in [-0.05, 0) is 18.2 Å². The number of aromatic nitrogens is 3. The second-order valence-electron chi connectivity index (χ2n) is 4.06. The van der Waals surface area contributed by atoms with Crippen LogP contribution in [0.1, 0.15) is 0 Å². The molecule has 7 heteroatoms. The molecule has 2 aromatic heterocycles. The number of rotatable bonds is 1. The second kappa shape index (κ2) is 4.06. The highest BCUT2D eigenvalue weighted by atomic mass is 32.1. The van der Waals surface area contributed by atoms with Crippen LogP contribution in [0.25, 0.3) is 15.9 Å². The average molecular weight is 275 g/mol. The van der Waals surface area contributed by atoms with Gasteiger partial charge in [0.15, 0.2) is 0 Å². The highest BCUT2D eigenvalue weighted by Crippen LogP contribution is 2.19. The normalized spacial score (nSPS) is 11.0. The number of aryl methyl sites for hydroxylation is 1. The smallest absolute Gasteiger partial charge is 0.302 e. The first-order valence-electron chi connectivity index (χ1n) is 5.48. The Labute approximate surface area is 110 Å². The van der Waals surface area contributed by atoms with Gasteiger partial charge in [-0.3, -0.25) is 19.1 Å². The molecule has 96 valence electrons. The molecule has 0 radical (unpaired) electrons. The maximum Gasteiger partial charge on any atom is 0.332 e. The van der Waals surface area contributed by atoms with Crippen LogP contribution in [0.3, 0.4) is 0 Å². The van der Waals surface area contributed by atoms with Crippen LogP contribution >= 0.6 is 11.3 Å². The van der Waals surface area contributed by atoms with Crippen LogP contribution < -0.4 is 16.1 Å². The minimum atomic E-state index is -0.505. The molecule has 6 nitrogen and oxygen atoms in total. The first-order valence-corrected chi connectivity index (χ1v) is 6.30. The highest BCUT2D eigenvalue weighted by molar-refractivity contribution is 7.16. The van der Waals surface area contributed by atoms with Crippen molar-refractivity contribution >= 4 is 21.6 Å². The molecular formula is C12H9N3O3S. The Morgan fingerprint density at radius 1 is 1.16 bits per heavy atom. The number of nitrogens with one attached hydrogen (secondary N) is 1. The minimum Gasteiger partial charge on any atom is -0.302 e. The van der Waals surface area contributed by atoms with Crippen molar-refractivity contribution in [2.24, 2.45) is 7.05 Å². The van der Waals surface area contributed by atoms with Crippen molar-refractivity contribution in [3.05, 3.63) is 61.0 Å². The number of H-pyrrole nitrogens is 1. The van der Waals surface area contributed by atoms with E-state index in [0.29, 0.717) is 5.69 Å². The van der Waals surface area contributed by atoms with Crippen LogP contribution in [-0.2, 0) is 7.05 Å². The van der Waals surface area contributed by atoms with Crippen molar-refractivity contribution in [2.75, 3.05) is 0 Å². The topological polar surface area (TPSA) is 76.9 Å². The summed E-state index contributed by atoms with van der Waals surface area (Å²) in [6.07, 6.45) is 1.41. The van der Waals surface area contributed by atoms with Gasteiger partial charge in [0.25, 0.3) is 5.56 Å². The van der Waals surface area contributed by atoms with Gasteiger partial charge in [0.2, 0.25) is 0 Å². The standard InChI is InChI=1S/C12H9N3O3S/c1-14-8-3-2-7(6-9(8)19-12(14)18)15-5-4-10(16)13-11(15)17/h2-6H,1H3,(H,13,16,17). The molecule has 2 heterocycles. The van der Waals surface area contributed by atoms with Crippen molar-refractivity contribution in [3.63, 3.8) is 0 Å². The predicted octanol–water partition coefficient (Wildman–Crippen LogP) is 0.439. The lowest BCUT2D eigenvalue weighted by molar-refractivity contribution is 0.896. The molecule has 0 aliphatic rings. The van der Waals surface area contributed by atoms with Gasteiger partial charge in [0, 0.05) is 19.3 Å². The van der Waals surface area contributed by atoms with E-state index in [0.717, 1.165) is 21.6 Å². The number of fused-ring (bicyclic) bond motifs is 1. The Kier molecular flexibility index (Phi) is 2.49. The molecule has 0 saturated heterocycles. The summed E-state index contributed by atoms with van der Waals surface area (Å²) in [6, 6.07) is 6.54. The lowest BCUT2D eigenvalue weighted by Gasteiger charge is -2.04. The fourth-order valence-electron chi connectivity index (χ4n) is 1.89. The fourth-order valence-corrected chi connectivity index (χ4v) is 2.81. The first kappa shape index (κ1) is 11.7. The summed E-state index contributed by atoms with van der Waals surface area (Å²) in [6.45, 7) is 0. The second-order valence-corrected chi connectivity index (χ2v) is 5.05. The molecule has 3 rings (SSSR count). The molecule has 0 atom stereocenters. The number of aromatic amines is 1. The fraction of sp³-hybridized carbons (Fsp3) is 0.0833. The number of thiazole rings is 1. The van der Waals surface area contributed by atoms with Crippen LogP contribution in [0.2, 0.25) is 0 Å². The van der Waals surface area contributed by atoms with Crippen molar-refractivity contribution in [3.8, 4) is 5.69 Å². The van der Waals surface area contributed by atoms with Gasteiger partial charge in [0.05, 0.1) is 15.9 Å². The lowest BCUT2D eigenvalue weighted by atomic mass is 10.3. The number of hydrogen-bond acceptors (Lipinski definition) is 4. The van der Waals surface area contributed by atoms with Gasteiger partial charge in [-0.25, -0.2) is 4.79 Å². The van der Waals surface area contributed by atoms with E-state index in [9.17, 15) is 14.4 Å². The quantitative estimate of drug-likeness (QED) is 0.700. The third kappa shape index (κ3) is 1.84. The molecule has 1 N–H and O–H groups in total. The van der Waals surface area contributed by atoms with Crippen LogP contribution in [0, 0.1) is 0 Å². The van der Waals surface area contributed by atoms with E-state index in [4.69, 9.17) is 0 Å². The van der Waals surface area contributed by atoms with Crippen LogP contribution in [0.4, 0.5) is 0 Å². The van der Waals surface area contributed by atoms with E-state index >= 15 is 0 Å². The summed E-state index contributed by atoms with van der Waals surface area (Å²) in [5, 5.41) is 0. The average Bonchev–Trinajstić information content (AvgIpc) is 2.64. The molecule has 0 unspecified atom stereocenters. The molecule has 1 aromatic carbocycles. The number of nitrogens with zero attached hydrogens (tertiary/aromatic N) is 2. The van der Waals surface area contributed by atoms with E-state index < -0.39 is 11.2 Å². The zero-order chi connectivity index (χ0) is 13.6. The van der Waals surface area contributed by atoms with Crippen molar-refractivity contribution in [1.29, 1.82) is 0 Å². The van der Waals surface area contributed by atoms with Gasteiger partial charge in [-0.15, -0.1) is 0 Å². The minimum absolute atomic E-state index is 0.0547. The van der Waals surface area contributed by atoms with Crippen LogP contribution in [0.15, 0.2) is 44.8 Å². The van der Waals surface area contributed by atoms with Gasteiger partial charge in [-0.2, -0.15) is 0 Å². The molecule has 0 amide bonds. The van der Waals surface area contributed by atoms with Gasteiger partial charge < -0.3 is 4.57 Å². The molecule has 0 bridgehead atoms. The third-order valence-corrected chi connectivity index (χ3v) is 3.87. The van der Waals surface area contributed by atoms with Crippen molar-refractivity contribution in [1.82, 2.24) is 14.1 Å². The van der Waals surface area contributed by atoms with Crippen molar-refractivity contribution in [2.45, 2.75) is 0 Å². The van der Waals surface area contributed by atoms with Gasteiger partial charge in [0.1, 0.15) is 0 Å². The predicted molar refractivity (Wildman–Crippen MR) is 73.3 cm³/mol. The SMILES string of the molecule is Cn1c(=O)sc2cc(-n3ccc(=O)[nH]c3=O)ccc21. The van der Waals surface area contributed by atoms with Crippen LogP contribution in [-0.4, -0.2) is 14.1 Å². The summed E-state index contributed by atoms with van der Waals surface area (Å²) >= 11 is 1.12. The summed E-state index contributed by atoms with van der Waals surface area (Å²) < 4.78 is 3.67. The highest BCUT2D eigenvalue weighted by Gasteiger charge is 2.06. The first-order chi connectivity index (χ1) is 9.06. The molecule has 19 heavy (non-hydrogen) atoms. The Bertz CT molecular complexity index is 945. The summed E-state index contributed by atoms with van der Waals surface area (Å²) in [4.78, 5) is 36.4. The number of benzene rings is 1. The molecular weight excluding hydrogens is 266 g/mol. The monoisotopic (exact) mass is 275 g/mol. The summed E-state index contributed by atoms with van der Waals surface area (Å²) in [5.41, 5.74) is 0.480. The molecule has 0 aliphatic heterocycles. The molecule has 0 spiro atoms. The van der Waals surface area contributed by atoms with Gasteiger partial charge >= 0.3 is 10.6 Å². The van der Waals surface area contributed by atoms with Gasteiger partial charge in [-0.1, -0.05) is 11.3 Å². The summed E-state index contributed by atoms with van der Waals surface area (Å²) in [5.74, 6) is 0. The molecule has 0 aliphatic carbocycles. The van der Waals surface area contributed by atoms with E-state index in [2.05, 4.69) is 4.98 Å². The number of hydrogen-bond donors (Lipinski definition) is 1. The Morgan fingerprint density at radius 3 is 2.68 bits per heavy atom. The van der Waals surface area contributed by atoms with Crippen LogP contribution in [0.5, 0.6) is 0 Å². The van der Waals surface area contributed by atoms with E-state index in [-0.39, 0.29) is 4.87 Å². The Hall–Kier alpha value is -2.41.